The number of nitrogens with two attached hydrogens (primary N) is 3. The molecule has 3 heteroatoms. The molecule has 0 saturated carbocycles. The lowest BCUT2D eigenvalue weighted by Crippen LogP contribution is -2.06. The van der Waals surface area contributed by atoms with Crippen LogP contribution in [0.5, 0.6) is 0 Å². The van der Waals surface area contributed by atoms with Crippen LogP contribution >= 0.6 is 0 Å². The molecule has 0 aromatic carbocycles. The second-order valence-corrected chi connectivity index (χ2v) is 2.82. The Morgan fingerprint density at radius 1 is 0.917 bits per heavy atom. The molecule has 0 amide bonds. The van der Waals surface area contributed by atoms with Crippen LogP contribution < -0.4 is 17.2 Å². The van der Waals surface area contributed by atoms with E-state index in [1.165, 1.54) is 0 Å². The molecule has 0 heterocycles. The third kappa shape index (κ3) is 220. The van der Waals surface area contributed by atoms with Gasteiger partial charge in [-0.05, 0) is 32.0 Å². The van der Waals surface area contributed by atoms with Crippen molar-refractivity contribution in [2.75, 3.05) is 13.1 Å². The molecule has 3 nitrogen and oxygen atoms in total. The summed E-state index contributed by atoms with van der Waals surface area (Å²) in [4.78, 5) is 0. The van der Waals surface area contributed by atoms with Gasteiger partial charge in [0.25, 0.3) is 0 Å². The highest BCUT2D eigenvalue weighted by Crippen LogP contribution is 1.58. The van der Waals surface area contributed by atoms with Gasteiger partial charge < -0.3 is 17.2 Å². The maximum Gasteiger partial charge on any atom is -0.00179 e. The molecule has 0 radical (unpaired) electrons. The predicted octanol–water partition coefficient (Wildman–Crippen LogP) is 1.06. The molecular formula is C9H27N3. The van der Waals surface area contributed by atoms with Crippen LogP contribution in [0.1, 0.15) is 40.5 Å². The summed E-state index contributed by atoms with van der Waals surface area (Å²) in [6, 6.07) is 0.333. The maximum absolute atomic E-state index is 5.11. The Bertz CT molecular complexity index is 36.3. The van der Waals surface area contributed by atoms with E-state index in [0.29, 0.717) is 6.04 Å². The van der Waals surface area contributed by atoms with Gasteiger partial charge in [-0.25, -0.2) is 0 Å². The Morgan fingerprint density at radius 3 is 1.00 bits per heavy atom. The van der Waals surface area contributed by atoms with E-state index >= 15 is 0 Å². The molecule has 0 unspecified atom stereocenters. The van der Waals surface area contributed by atoms with E-state index in [1.54, 1.807) is 0 Å². The molecule has 0 spiro atoms. The Balaban J connectivity index is -0.000000101. The summed E-state index contributed by atoms with van der Waals surface area (Å²) in [6.45, 7) is 9.64. The minimum absolute atomic E-state index is 0.333. The summed E-state index contributed by atoms with van der Waals surface area (Å²) in [5.74, 6) is 0. The molecule has 0 aliphatic carbocycles. The SMILES string of the molecule is CC(C)N.CCCN.CCCN. The van der Waals surface area contributed by atoms with E-state index in [4.69, 9.17) is 17.2 Å². The fourth-order valence-corrected chi connectivity index (χ4v) is 0. The van der Waals surface area contributed by atoms with Crippen molar-refractivity contribution in [2.24, 2.45) is 17.2 Å². The molecular weight excluding hydrogens is 150 g/mol. The molecule has 0 bridgehead atoms. The third-order valence-electron chi connectivity index (χ3n) is 0.577. The Labute approximate surface area is 77.7 Å². The molecule has 0 aromatic rings. The van der Waals surface area contributed by atoms with Crippen molar-refractivity contribution in [3.63, 3.8) is 0 Å². The molecule has 0 aliphatic heterocycles. The summed E-state index contributed by atoms with van der Waals surface area (Å²) < 4.78 is 0. The van der Waals surface area contributed by atoms with E-state index in [0.717, 1.165) is 25.9 Å². The zero-order valence-electron chi connectivity index (χ0n) is 9.14. The van der Waals surface area contributed by atoms with Gasteiger partial charge >= 0.3 is 0 Å². The van der Waals surface area contributed by atoms with Gasteiger partial charge in [0.2, 0.25) is 0 Å². The highest BCUT2D eigenvalue weighted by molar-refractivity contribution is 4.32. The van der Waals surface area contributed by atoms with Crippen molar-refractivity contribution in [3.05, 3.63) is 0 Å². The van der Waals surface area contributed by atoms with Gasteiger partial charge in [-0.1, -0.05) is 27.7 Å². The molecule has 0 saturated heterocycles. The van der Waals surface area contributed by atoms with Crippen LogP contribution in [-0.4, -0.2) is 19.1 Å². The smallest absolute Gasteiger partial charge is 0.00179 e. The second-order valence-electron chi connectivity index (χ2n) is 2.82. The fourth-order valence-electron chi connectivity index (χ4n) is 0. The minimum Gasteiger partial charge on any atom is -0.330 e. The van der Waals surface area contributed by atoms with Crippen molar-refractivity contribution in [1.82, 2.24) is 0 Å². The monoisotopic (exact) mass is 177 g/mol. The molecule has 78 valence electrons. The lowest BCUT2D eigenvalue weighted by atomic mass is 10.5. The first-order chi connectivity index (χ1) is 5.56. The average Bonchev–Trinajstić information content (AvgIpc) is 2.03. The van der Waals surface area contributed by atoms with Crippen molar-refractivity contribution in [3.8, 4) is 0 Å². The van der Waals surface area contributed by atoms with E-state index in [2.05, 4.69) is 13.8 Å². The molecule has 0 rings (SSSR count). The topological polar surface area (TPSA) is 78.1 Å². The maximum atomic E-state index is 5.11. The van der Waals surface area contributed by atoms with Crippen LogP contribution in [0.4, 0.5) is 0 Å². The average molecular weight is 177 g/mol. The zero-order valence-corrected chi connectivity index (χ0v) is 9.14. The molecule has 12 heavy (non-hydrogen) atoms. The number of hydrogen-bond donors (Lipinski definition) is 3. The van der Waals surface area contributed by atoms with E-state index < -0.39 is 0 Å². The van der Waals surface area contributed by atoms with Crippen LogP contribution in [0.15, 0.2) is 0 Å². The van der Waals surface area contributed by atoms with Crippen molar-refractivity contribution in [2.45, 2.75) is 46.6 Å². The van der Waals surface area contributed by atoms with Gasteiger partial charge in [0, 0.05) is 0 Å². The molecule has 0 aliphatic rings. The molecule has 0 atom stereocenters. The van der Waals surface area contributed by atoms with Crippen LogP contribution in [0.25, 0.3) is 0 Å². The van der Waals surface area contributed by atoms with Gasteiger partial charge in [-0.3, -0.25) is 0 Å². The highest BCUT2D eigenvalue weighted by Gasteiger charge is 1.67. The Morgan fingerprint density at radius 2 is 1.00 bits per heavy atom. The second kappa shape index (κ2) is 22.4. The highest BCUT2D eigenvalue weighted by atomic mass is 14.6. The fraction of sp³-hybridized carbons (Fsp3) is 1.00. The predicted molar refractivity (Wildman–Crippen MR) is 58.0 cm³/mol. The van der Waals surface area contributed by atoms with Crippen molar-refractivity contribution < 1.29 is 0 Å². The molecule has 0 aromatic heterocycles. The summed E-state index contributed by atoms with van der Waals surface area (Å²) in [7, 11) is 0. The lowest BCUT2D eigenvalue weighted by Gasteiger charge is -1.81. The van der Waals surface area contributed by atoms with Crippen LogP contribution in [0.2, 0.25) is 0 Å². The van der Waals surface area contributed by atoms with Gasteiger partial charge in [0.05, 0.1) is 0 Å². The summed E-state index contributed by atoms with van der Waals surface area (Å²) >= 11 is 0. The van der Waals surface area contributed by atoms with Crippen LogP contribution in [0, 0.1) is 0 Å². The first-order valence-electron chi connectivity index (χ1n) is 4.72. The first-order valence-corrected chi connectivity index (χ1v) is 4.72. The Hall–Kier alpha value is -0.120. The van der Waals surface area contributed by atoms with Gasteiger partial charge in [-0.2, -0.15) is 0 Å². The molecule has 0 fully saturated rings. The number of rotatable bonds is 2. The standard InChI is InChI=1S/3C3H9N/c1-3(2)4;2*1-2-3-4/h3H,4H2,1-2H3;2*2-4H2,1H3. The van der Waals surface area contributed by atoms with Gasteiger partial charge in [0.1, 0.15) is 0 Å². The normalized spacial score (nSPS) is 8.00. The van der Waals surface area contributed by atoms with E-state index in [9.17, 15) is 0 Å². The number of hydrogen-bond acceptors (Lipinski definition) is 3. The van der Waals surface area contributed by atoms with Crippen molar-refractivity contribution in [1.29, 1.82) is 0 Å². The van der Waals surface area contributed by atoms with Crippen LogP contribution in [0.3, 0.4) is 0 Å². The third-order valence-corrected chi connectivity index (χ3v) is 0.577. The summed E-state index contributed by atoms with van der Waals surface area (Å²) in [5, 5.41) is 0. The summed E-state index contributed by atoms with van der Waals surface area (Å²) in [6.07, 6.45) is 2.19. The van der Waals surface area contributed by atoms with Gasteiger partial charge in [0.15, 0.2) is 0 Å². The largest absolute Gasteiger partial charge is 0.330 e. The lowest BCUT2D eigenvalue weighted by molar-refractivity contribution is 0.834. The summed E-state index contributed by atoms with van der Waals surface area (Å²) in [5.41, 5.74) is 15.2. The first kappa shape index (κ1) is 17.8. The van der Waals surface area contributed by atoms with E-state index in [-0.39, 0.29) is 0 Å². The Kier molecular flexibility index (Phi) is 33.3. The van der Waals surface area contributed by atoms with E-state index in [1.807, 2.05) is 13.8 Å². The van der Waals surface area contributed by atoms with Crippen LogP contribution in [-0.2, 0) is 0 Å². The molecule has 6 N–H and O–H groups in total. The quantitative estimate of drug-likeness (QED) is 0.590. The van der Waals surface area contributed by atoms with Gasteiger partial charge in [-0.15, -0.1) is 0 Å². The van der Waals surface area contributed by atoms with Crippen molar-refractivity contribution >= 4 is 0 Å². The minimum atomic E-state index is 0.333. The zero-order chi connectivity index (χ0) is 10.4.